The molecule has 0 atom stereocenters. The maximum Gasteiger partial charge on any atom is 0.261 e. The van der Waals surface area contributed by atoms with E-state index in [1.54, 1.807) is 12.1 Å². The molecule has 1 aromatic carbocycles. The largest absolute Gasteiger partial charge is 0.341 e. The molecular weight excluding hydrogens is 360 g/mol. The third-order valence-electron chi connectivity index (χ3n) is 4.39. The van der Waals surface area contributed by atoms with Crippen LogP contribution >= 0.6 is 15.9 Å². The molecule has 3 rings (SSSR count). The number of carbonyl (C=O) groups is 1. The smallest absolute Gasteiger partial charge is 0.261 e. The number of aromatic nitrogens is 2. The van der Waals surface area contributed by atoms with Crippen molar-refractivity contribution in [2.24, 2.45) is 11.7 Å². The van der Waals surface area contributed by atoms with Crippen LogP contribution in [0.25, 0.3) is 10.9 Å². The summed E-state index contributed by atoms with van der Waals surface area (Å²) in [5.41, 5.74) is 6.11. The SMILES string of the molecule is NCC1CCN(C(=O)Cn2cnc3ccc(Br)cc3c2=O)CC1. The third kappa shape index (κ3) is 3.45. The number of piperidine rings is 1. The number of hydrogen-bond acceptors (Lipinski definition) is 4. The molecule has 6 nitrogen and oxygen atoms in total. The molecule has 1 fully saturated rings. The Morgan fingerprint density at radius 3 is 2.78 bits per heavy atom. The van der Waals surface area contributed by atoms with Crippen LogP contribution in [0, 0.1) is 5.92 Å². The summed E-state index contributed by atoms with van der Waals surface area (Å²) in [6, 6.07) is 5.36. The molecule has 1 aromatic heterocycles. The van der Waals surface area contributed by atoms with Gasteiger partial charge in [-0.3, -0.25) is 14.2 Å². The van der Waals surface area contributed by atoms with Crippen LogP contribution in [0.4, 0.5) is 0 Å². The number of carbonyl (C=O) groups excluding carboxylic acids is 1. The van der Waals surface area contributed by atoms with Crippen LogP contribution in [0.1, 0.15) is 12.8 Å². The number of nitrogens with two attached hydrogens (primary N) is 1. The van der Waals surface area contributed by atoms with Crippen LogP contribution in [0.5, 0.6) is 0 Å². The minimum absolute atomic E-state index is 0.0293. The van der Waals surface area contributed by atoms with E-state index in [1.165, 1.54) is 10.9 Å². The second-order valence-corrected chi connectivity index (χ2v) is 6.81. The maximum atomic E-state index is 12.5. The van der Waals surface area contributed by atoms with E-state index < -0.39 is 0 Å². The Morgan fingerprint density at radius 1 is 1.35 bits per heavy atom. The Labute approximate surface area is 142 Å². The van der Waals surface area contributed by atoms with Crippen molar-refractivity contribution in [3.8, 4) is 0 Å². The van der Waals surface area contributed by atoms with Crippen LogP contribution < -0.4 is 11.3 Å². The van der Waals surface area contributed by atoms with Gasteiger partial charge in [0.1, 0.15) is 6.54 Å². The number of halogens is 1. The van der Waals surface area contributed by atoms with Crippen molar-refractivity contribution in [1.82, 2.24) is 14.5 Å². The predicted molar refractivity (Wildman–Crippen MR) is 92.1 cm³/mol. The molecule has 0 spiro atoms. The molecule has 2 N–H and O–H groups in total. The molecule has 23 heavy (non-hydrogen) atoms. The first-order chi connectivity index (χ1) is 11.1. The molecule has 0 bridgehead atoms. The number of likely N-dealkylation sites (tertiary alicyclic amines) is 1. The average molecular weight is 379 g/mol. The molecule has 1 amide bonds. The van der Waals surface area contributed by atoms with Gasteiger partial charge in [0, 0.05) is 17.6 Å². The van der Waals surface area contributed by atoms with E-state index in [9.17, 15) is 9.59 Å². The fourth-order valence-corrected chi connectivity index (χ4v) is 3.27. The molecule has 7 heteroatoms. The van der Waals surface area contributed by atoms with Gasteiger partial charge in [-0.2, -0.15) is 0 Å². The van der Waals surface area contributed by atoms with Crippen molar-refractivity contribution in [1.29, 1.82) is 0 Å². The van der Waals surface area contributed by atoms with Gasteiger partial charge < -0.3 is 10.6 Å². The normalized spacial score (nSPS) is 16.0. The minimum Gasteiger partial charge on any atom is -0.341 e. The number of amides is 1. The summed E-state index contributed by atoms with van der Waals surface area (Å²) < 4.78 is 2.20. The fraction of sp³-hybridized carbons (Fsp3) is 0.438. The summed E-state index contributed by atoms with van der Waals surface area (Å²) in [7, 11) is 0. The van der Waals surface area contributed by atoms with E-state index in [-0.39, 0.29) is 18.0 Å². The molecule has 0 aliphatic carbocycles. The lowest BCUT2D eigenvalue weighted by Crippen LogP contribution is -2.42. The lowest BCUT2D eigenvalue weighted by Gasteiger charge is -2.31. The van der Waals surface area contributed by atoms with Crippen LogP contribution in [0.3, 0.4) is 0 Å². The first-order valence-electron chi connectivity index (χ1n) is 7.71. The Balaban J connectivity index is 1.78. The van der Waals surface area contributed by atoms with Gasteiger partial charge in [-0.1, -0.05) is 15.9 Å². The summed E-state index contributed by atoms with van der Waals surface area (Å²) in [5.74, 6) is 0.458. The topological polar surface area (TPSA) is 81.2 Å². The van der Waals surface area contributed by atoms with Gasteiger partial charge in [-0.15, -0.1) is 0 Å². The molecule has 0 unspecified atom stereocenters. The third-order valence-corrected chi connectivity index (χ3v) is 4.89. The summed E-state index contributed by atoms with van der Waals surface area (Å²) in [4.78, 5) is 31.0. The monoisotopic (exact) mass is 378 g/mol. The van der Waals surface area contributed by atoms with Crippen LogP contribution in [0.15, 0.2) is 33.8 Å². The van der Waals surface area contributed by atoms with Crippen molar-refractivity contribution in [3.05, 3.63) is 39.4 Å². The lowest BCUT2D eigenvalue weighted by molar-refractivity contribution is -0.133. The highest BCUT2D eigenvalue weighted by Crippen LogP contribution is 2.17. The minimum atomic E-state index is -0.193. The van der Waals surface area contributed by atoms with Crippen molar-refractivity contribution in [2.75, 3.05) is 19.6 Å². The highest BCUT2D eigenvalue weighted by molar-refractivity contribution is 9.10. The van der Waals surface area contributed by atoms with Crippen molar-refractivity contribution >= 4 is 32.7 Å². The number of benzene rings is 1. The average Bonchev–Trinajstić information content (AvgIpc) is 2.58. The number of nitrogens with zero attached hydrogens (tertiary/aromatic N) is 3. The summed E-state index contributed by atoms with van der Waals surface area (Å²) in [6.07, 6.45) is 3.31. The number of rotatable bonds is 3. The van der Waals surface area contributed by atoms with E-state index in [0.717, 1.165) is 17.3 Å². The predicted octanol–water partition coefficient (Wildman–Crippen LogP) is 1.36. The maximum absolute atomic E-state index is 12.5. The zero-order chi connectivity index (χ0) is 16.4. The van der Waals surface area contributed by atoms with Gasteiger partial charge in [0.05, 0.1) is 17.2 Å². The van der Waals surface area contributed by atoms with E-state index in [0.29, 0.717) is 36.5 Å². The molecule has 2 aromatic rings. The Morgan fingerprint density at radius 2 is 2.09 bits per heavy atom. The first kappa shape index (κ1) is 16.1. The van der Waals surface area contributed by atoms with Gasteiger partial charge in [0.25, 0.3) is 5.56 Å². The van der Waals surface area contributed by atoms with Crippen molar-refractivity contribution in [3.63, 3.8) is 0 Å². The lowest BCUT2D eigenvalue weighted by atomic mass is 9.97. The molecule has 1 aliphatic rings. The van der Waals surface area contributed by atoms with E-state index in [4.69, 9.17) is 5.73 Å². The Hall–Kier alpha value is -1.73. The van der Waals surface area contributed by atoms with Crippen LogP contribution in [-0.4, -0.2) is 40.0 Å². The van der Waals surface area contributed by atoms with Gasteiger partial charge in [0.15, 0.2) is 0 Å². The van der Waals surface area contributed by atoms with Crippen LogP contribution in [-0.2, 0) is 11.3 Å². The zero-order valence-corrected chi connectivity index (χ0v) is 14.3. The quantitative estimate of drug-likeness (QED) is 0.873. The van der Waals surface area contributed by atoms with Gasteiger partial charge in [-0.05, 0) is 43.5 Å². The summed E-state index contributed by atoms with van der Waals surface area (Å²) in [6.45, 7) is 2.12. The second kappa shape index (κ2) is 6.80. The highest BCUT2D eigenvalue weighted by Gasteiger charge is 2.22. The number of fused-ring (bicyclic) bond motifs is 1. The molecule has 0 saturated carbocycles. The Bertz CT molecular complexity index is 781. The zero-order valence-electron chi connectivity index (χ0n) is 12.7. The Kier molecular flexibility index (Phi) is 4.77. The molecule has 122 valence electrons. The summed E-state index contributed by atoms with van der Waals surface area (Å²) >= 11 is 3.36. The molecule has 0 radical (unpaired) electrons. The summed E-state index contributed by atoms with van der Waals surface area (Å²) in [5, 5.41) is 0.511. The van der Waals surface area contributed by atoms with Crippen molar-refractivity contribution < 1.29 is 4.79 Å². The van der Waals surface area contributed by atoms with Gasteiger partial charge in [0.2, 0.25) is 5.91 Å². The number of hydrogen-bond donors (Lipinski definition) is 1. The highest BCUT2D eigenvalue weighted by atomic mass is 79.9. The standard InChI is InChI=1S/C16H19BrN4O2/c17-12-1-2-14-13(7-12)16(23)21(10-19-14)9-15(22)20-5-3-11(8-18)4-6-20/h1-2,7,10-11H,3-6,8-9,18H2. The van der Waals surface area contributed by atoms with E-state index >= 15 is 0 Å². The second-order valence-electron chi connectivity index (χ2n) is 5.90. The van der Waals surface area contributed by atoms with E-state index in [1.807, 2.05) is 11.0 Å². The molecule has 1 saturated heterocycles. The van der Waals surface area contributed by atoms with Gasteiger partial charge >= 0.3 is 0 Å². The molecular formula is C16H19BrN4O2. The van der Waals surface area contributed by atoms with Gasteiger partial charge in [-0.25, -0.2) is 4.98 Å². The fourth-order valence-electron chi connectivity index (χ4n) is 2.91. The first-order valence-corrected chi connectivity index (χ1v) is 8.50. The van der Waals surface area contributed by atoms with E-state index in [2.05, 4.69) is 20.9 Å². The van der Waals surface area contributed by atoms with Crippen molar-refractivity contribution in [2.45, 2.75) is 19.4 Å². The molecule has 2 heterocycles. The van der Waals surface area contributed by atoms with Crippen LogP contribution in [0.2, 0.25) is 0 Å². The molecule has 1 aliphatic heterocycles.